The number of primary amides is 1. The summed E-state index contributed by atoms with van der Waals surface area (Å²) in [4.78, 5) is 36.1. The molecule has 142 valence electrons. The first-order valence-corrected chi connectivity index (χ1v) is 8.74. The van der Waals surface area contributed by atoms with Crippen LogP contribution in [0.2, 0.25) is 0 Å². The number of amides is 2. The van der Waals surface area contributed by atoms with Crippen molar-refractivity contribution in [1.29, 1.82) is 0 Å². The lowest BCUT2D eigenvalue weighted by Gasteiger charge is -2.16. The van der Waals surface area contributed by atoms with Gasteiger partial charge in [0.2, 0.25) is 5.91 Å². The maximum Gasteiger partial charge on any atom is 0.337 e. The van der Waals surface area contributed by atoms with Crippen molar-refractivity contribution in [1.82, 2.24) is 5.32 Å². The highest BCUT2D eigenvalue weighted by molar-refractivity contribution is 6.00. The van der Waals surface area contributed by atoms with Crippen LogP contribution in [0.25, 0.3) is 10.8 Å². The van der Waals surface area contributed by atoms with E-state index in [2.05, 4.69) is 10.1 Å². The molecule has 3 rings (SSSR count). The predicted octanol–water partition coefficient (Wildman–Crippen LogP) is 2.45. The van der Waals surface area contributed by atoms with Gasteiger partial charge in [0.15, 0.2) is 0 Å². The molecule has 0 radical (unpaired) electrons. The maximum atomic E-state index is 12.6. The van der Waals surface area contributed by atoms with Gasteiger partial charge in [-0.15, -0.1) is 0 Å². The van der Waals surface area contributed by atoms with E-state index >= 15 is 0 Å². The number of hydrogen-bond acceptors (Lipinski definition) is 4. The first-order valence-electron chi connectivity index (χ1n) is 8.74. The number of nitrogens with two attached hydrogens (primary N) is 1. The molecule has 28 heavy (non-hydrogen) atoms. The topological polar surface area (TPSA) is 98.5 Å². The Bertz CT molecular complexity index is 1050. The summed E-state index contributed by atoms with van der Waals surface area (Å²) in [5.74, 6) is -1.67. The molecule has 6 nitrogen and oxygen atoms in total. The lowest BCUT2D eigenvalue weighted by atomic mass is 10.0. The summed E-state index contributed by atoms with van der Waals surface area (Å²) < 4.78 is 4.66. The Kier molecular flexibility index (Phi) is 5.69. The summed E-state index contributed by atoms with van der Waals surface area (Å²) in [5, 5.41) is 4.78. The monoisotopic (exact) mass is 376 g/mol. The molecule has 3 aromatic rings. The van der Waals surface area contributed by atoms with Gasteiger partial charge in [0.05, 0.1) is 12.7 Å². The van der Waals surface area contributed by atoms with E-state index in [9.17, 15) is 14.4 Å². The highest BCUT2D eigenvalue weighted by Gasteiger charge is 2.20. The third kappa shape index (κ3) is 4.35. The van der Waals surface area contributed by atoms with Crippen molar-refractivity contribution in [2.45, 2.75) is 12.5 Å². The van der Waals surface area contributed by atoms with Gasteiger partial charge in [-0.25, -0.2) is 4.79 Å². The van der Waals surface area contributed by atoms with Crippen molar-refractivity contribution in [2.75, 3.05) is 7.11 Å². The summed E-state index contributed by atoms with van der Waals surface area (Å²) in [5.41, 5.74) is 6.87. The molecule has 0 saturated heterocycles. The fraction of sp³-hybridized carbons (Fsp3) is 0.136. The van der Waals surface area contributed by atoms with Crippen LogP contribution in [0.15, 0.2) is 66.7 Å². The van der Waals surface area contributed by atoms with Crippen LogP contribution < -0.4 is 11.1 Å². The van der Waals surface area contributed by atoms with Gasteiger partial charge in [-0.2, -0.15) is 0 Å². The average molecular weight is 376 g/mol. The molecule has 0 aliphatic carbocycles. The number of methoxy groups -OCH3 is 1. The molecule has 2 amide bonds. The Morgan fingerprint density at radius 2 is 1.64 bits per heavy atom. The van der Waals surface area contributed by atoms with Crippen LogP contribution in [-0.4, -0.2) is 30.9 Å². The molecule has 0 aromatic heterocycles. The van der Waals surface area contributed by atoms with Crippen molar-refractivity contribution < 1.29 is 19.1 Å². The van der Waals surface area contributed by atoms with Crippen LogP contribution in [0.3, 0.4) is 0 Å². The second-order valence-corrected chi connectivity index (χ2v) is 6.39. The van der Waals surface area contributed by atoms with Crippen molar-refractivity contribution >= 4 is 28.6 Å². The first-order chi connectivity index (χ1) is 13.5. The third-order valence-electron chi connectivity index (χ3n) is 4.45. The largest absolute Gasteiger partial charge is 0.465 e. The van der Waals surface area contributed by atoms with Crippen LogP contribution in [0, 0.1) is 0 Å². The number of nitrogens with one attached hydrogen (secondary N) is 1. The lowest BCUT2D eigenvalue weighted by molar-refractivity contribution is -0.119. The SMILES string of the molecule is COC(=O)c1cccc(C(=O)N[C@@H](Cc2ccc3ccccc3c2)C(N)=O)c1. The average Bonchev–Trinajstić information content (AvgIpc) is 2.72. The zero-order valence-electron chi connectivity index (χ0n) is 15.3. The number of carbonyl (C=O) groups is 3. The molecule has 0 aliphatic heterocycles. The molecule has 6 heteroatoms. The summed E-state index contributed by atoms with van der Waals surface area (Å²) in [6.07, 6.45) is 0.266. The zero-order chi connectivity index (χ0) is 20.1. The van der Waals surface area contributed by atoms with Gasteiger partial charge in [0.25, 0.3) is 5.91 Å². The Balaban J connectivity index is 1.78. The van der Waals surface area contributed by atoms with Crippen molar-refractivity contribution in [3.63, 3.8) is 0 Å². The number of hydrogen-bond donors (Lipinski definition) is 2. The van der Waals surface area contributed by atoms with Gasteiger partial charge in [0, 0.05) is 12.0 Å². The zero-order valence-corrected chi connectivity index (χ0v) is 15.3. The maximum absolute atomic E-state index is 12.6. The van der Waals surface area contributed by atoms with Crippen LogP contribution >= 0.6 is 0 Å². The number of carbonyl (C=O) groups excluding carboxylic acids is 3. The smallest absolute Gasteiger partial charge is 0.337 e. The van der Waals surface area contributed by atoms with Gasteiger partial charge < -0.3 is 15.8 Å². The van der Waals surface area contributed by atoms with E-state index in [1.807, 2.05) is 42.5 Å². The number of benzene rings is 3. The number of ether oxygens (including phenoxy) is 1. The molecule has 0 spiro atoms. The molecule has 0 bridgehead atoms. The summed E-state index contributed by atoms with van der Waals surface area (Å²) in [6, 6.07) is 18.9. The molecule has 0 heterocycles. The molecule has 3 N–H and O–H groups in total. The lowest BCUT2D eigenvalue weighted by Crippen LogP contribution is -2.45. The number of rotatable bonds is 6. The fourth-order valence-corrected chi connectivity index (χ4v) is 2.97. The standard InChI is InChI=1S/C22H20N2O4/c1-28-22(27)18-8-4-7-17(13-18)21(26)24-19(20(23)25)12-14-9-10-15-5-2-3-6-16(15)11-14/h2-11,13,19H,12H2,1H3,(H2,23,25)(H,24,26)/t19-/m0/s1. The highest BCUT2D eigenvalue weighted by atomic mass is 16.5. The predicted molar refractivity (Wildman–Crippen MR) is 106 cm³/mol. The molecular weight excluding hydrogens is 356 g/mol. The van der Waals surface area contributed by atoms with Crippen molar-refractivity contribution in [3.05, 3.63) is 83.4 Å². The fourth-order valence-electron chi connectivity index (χ4n) is 2.97. The minimum Gasteiger partial charge on any atom is -0.465 e. The number of esters is 1. The molecule has 0 fully saturated rings. The Hall–Kier alpha value is -3.67. The molecule has 0 aliphatic rings. The second kappa shape index (κ2) is 8.35. The summed E-state index contributed by atoms with van der Waals surface area (Å²) in [6.45, 7) is 0. The third-order valence-corrected chi connectivity index (χ3v) is 4.45. The minimum atomic E-state index is -0.879. The van der Waals surface area contributed by atoms with Crippen molar-refractivity contribution in [2.24, 2.45) is 5.73 Å². The van der Waals surface area contributed by atoms with Gasteiger partial charge in [-0.3, -0.25) is 9.59 Å². The van der Waals surface area contributed by atoms with E-state index in [0.717, 1.165) is 16.3 Å². The second-order valence-electron chi connectivity index (χ2n) is 6.39. The first kappa shape index (κ1) is 19.1. The Morgan fingerprint density at radius 1 is 0.929 bits per heavy atom. The number of fused-ring (bicyclic) bond motifs is 1. The Morgan fingerprint density at radius 3 is 2.36 bits per heavy atom. The summed E-state index contributed by atoms with van der Waals surface area (Å²) >= 11 is 0. The highest BCUT2D eigenvalue weighted by Crippen LogP contribution is 2.17. The summed E-state index contributed by atoms with van der Waals surface area (Å²) in [7, 11) is 1.27. The van der Waals surface area contributed by atoms with E-state index in [4.69, 9.17) is 5.73 Å². The van der Waals surface area contributed by atoms with Crippen LogP contribution in [0.4, 0.5) is 0 Å². The molecule has 3 aromatic carbocycles. The van der Waals surface area contributed by atoms with E-state index in [-0.39, 0.29) is 17.5 Å². The quantitative estimate of drug-likeness (QED) is 0.646. The molecular formula is C22H20N2O4. The van der Waals surface area contributed by atoms with Crippen LogP contribution in [0.5, 0.6) is 0 Å². The van der Waals surface area contributed by atoms with Gasteiger partial charge in [-0.1, -0.05) is 48.5 Å². The van der Waals surface area contributed by atoms with Gasteiger partial charge >= 0.3 is 5.97 Å². The van der Waals surface area contributed by atoms with E-state index in [1.54, 1.807) is 18.2 Å². The van der Waals surface area contributed by atoms with Crippen molar-refractivity contribution in [3.8, 4) is 0 Å². The van der Waals surface area contributed by atoms with E-state index < -0.39 is 23.8 Å². The molecule has 0 unspecified atom stereocenters. The van der Waals surface area contributed by atoms with E-state index in [1.165, 1.54) is 13.2 Å². The van der Waals surface area contributed by atoms with Crippen LogP contribution in [0.1, 0.15) is 26.3 Å². The van der Waals surface area contributed by atoms with Crippen LogP contribution in [-0.2, 0) is 16.0 Å². The Labute approximate surface area is 162 Å². The van der Waals surface area contributed by atoms with Gasteiger partial charge in [0.1, 0.15) is 6.04 Å². The normalized spacial score (nSPS) is 11.6. The minimum absolute atomic E-state index is 0.243. The van der Waals surface area contributed by atoms with E-state index in [0.29, 0.717) is 0 Å². The molecule has 1 atom stereocenters. The molecule has 0 saturated carbocycles. The van der Waals surface area contributed by atoms with Gasteiger partial charge in [-0.05, 0) is 34.5 Å².